The number of halogens is 1. The van der Waals surface area contributed by atoms with Crippen molar-refractivity contribution < 1.29 is 29.3 Å². The zero-order valence-corrected chi connectivity index (χ0v) is 13.7. The summed E-state index contributed by atoms with van der Waals surface area (Å²) >= 11 is 5.83. The van der Waals surface area contributed by atoms with Crippen molar-refractivity contribution in [1.82, 2.24) is 10.9 Å². The van der Waals surface area contributed by atoms with Crippen LogP contribution in [0.4, 0.5) is 0 Å². The van der Waals surface area contributed by atoms with Crippen LogP contribution in [0.25, 0.3) is 11.3 Å². The quantitative estimate of drug-likeness (QED) is 0.491. The van der Waals surface area contributed by atoms with Gasteiger partial charge in [-0.1, -0.05) is 11.6 Å². The van der Waals surface area contributed by atoms with Gasteiger partial charge in [0.2, 0.25) is 0 Å². The van der Waals surface area contributed by atoms with E-state index in [4.69, 9.17) is 20.8 Å². The molecule has 8 nitrogen and oxygen atoms in total. The molecule has 9 heteroatoms. The Hall–Kier alpha value is -1.94. The van der Waals surface area contributed by atoms with E-state index in [9.17, 15) is 20.1 Å². The molecule has 0 radical (unpaired) electrons. The Bertz CT molecular complexity index is 734. The number of amides is 1. The lowest BCUT2D eigenvalue weighted by molar-refractivity contribution is -0.197. The van der Waals surface area contributed by atoms with Crippen molar-refractivity contribution in [2.75, 3.05) is 6.61 Å². The van der Waals surface area contributed by atoms with E-state index >= 15 is 0 Å². The molecule has 1 aliphatic rings. The Labute approximate surface area is 147 Å². The minimum absolute atomic E-state index is 0.0448. The highest BCUT2D eigenvalue weighted by molar-refractivity contribution is 6.30. The fourth-order valence-electron chi connectivity index (χ4n) is 2.36. The highest BCUT2D eigenvalue weighted by atomic mass is 35.5. The predicted molar refractivity (Wildman–Crippen MR) is 87.5 cm³/mol. The van der Waals surface area contributed by atoms with Gasteiger partial charge >= 0.3 is 5.91 Å². The molecule has 1 fully saturated rings. The first-order valence-corrected chi connectivity index (χ1v) is 7.91. The Kier molecular flexibility index (Phi) is 5.38. The average Bonchev–Trinajstić information content (AvgIpc) is 3.09. The minimum atomic E-state index is -1.40. The number of furan rings is 1. The van der Waals surface area contributed by atoms with Crippen LogP contribution >= 0.6 is 11.6 Å². The third-order valence-electron chi connectivity index (χ3n) is 3.79. The van der Waals surface area contributed by atoms with Crippen LogP contribution in [0, 0.1) is 0 Å². The number of aliphatic hydroxyl groups excluding tert-OH is 3. The second kappa shape index (κ2) is 7.52. The van der Waals surface area contributed by atoms with Crippen molar-refractivity contribution in [3.8, 4) is 11.3 Å². The number of benzene rings is 1. The standard InChI is InChI=1S/C16H17ClN2O6/c17-9-3-1-8(2-4-9)11-5-6-12(25-11)15(23)18-19-16-14(22)13(21)10(20)7-24-16/h1-6,10,13-14,16,19-22H,7H2,(H,18,23)/t10-,13-,14+,16-/m1/s1. The summed E-state index contributed by atoms with van der Waals surface area (Å²) in [4.78, 5) is 12.1. The second-order valence-corrected chi connectivity index (χ2v) is 6.01. The molecule has 5 N–H and O–H groups in total. The first kappa shape index (κ1) is 17.9. The summed E-state index contributed by atoms with van der Waals surface area (Å²) in [6, 6.07) is 10.1. The number of hydrazine groups is 1. The molecule has 0 aliphatic carbocycles. The van der Waals surface area contributed by atoms with Crippen molar-refractivity contribution in [3.05, 3.63) is 47.2 Å². The summed E-state index contributed by atoms with van der Waals surface area (Å²) in [5.74, 6) is -0.0470. The van der Waals surface area contributed by atoms with Crippen LogP contribution in [0.5, 0.6) is 0 Å². The summed E-state index contributed by atoms with van der Waals surface area (Å²) < 4.78 is 10.6. The zero-order valence-electron chi connectivity index (χ0n) is 12.9. The number of hydrogen-bond acceptors (Lipinski definition) is 7. The van der Waals surface area contributed by atoms with Crippen molar-refractivity contribution in [3.63, 3.8) is 0 Å². The van der Waals surface area contributed by atoms with E-state index < -0.39 is 30.4 Å². The lowest BCUT2D eigenvalue weighted by Crippen LogP contribution is -2.61. The lowest BCUT2D eigenvalue weighted by Gasteiger charge is -2.35. The second-order valence-electron chi connectivity index (χ2n) is 5.57. The van der Waals surface area contributed by atoms with Crippen LogP contribution in [-0.2, 0) is 4.74 Å². The summed E-state index contributed by atoms with van der Waals surface area (Å²) in [5.41, 5.74) is 5.55. The first-order chi connectivity index (χ1) is 12.0. The number of aliphatic hydroxyl groups is 3. The van der Waals surface area contributed by atoms with Crippen LogP contribution in [0.3, 0.4) is 0 Å². The van der Waals surface area contributed by atoms with Gasteiger partial charge in [-0.3, -0.25) is 10.2 Å². The molecule has 2 aromatic rings. The number of rotatable bonds is 4. The molecule has 3 rings (SSSR count). The SMILES string of the molecule is O=C(NN[C@@H]1OC[C@@H](O)[C@@H](O)[C@@H]1O)c1ccc(-c2ccc(Cl)cc2)o1. The van der Waals surface area contributed by atoms with Gasteiger partial charge in [-0.25, -0.2) is 5.43 Å². The van der Waals surface area contributed by atoms with Gasteiger partial charge in [0.25, 0.3) is 0 Å². The molecule has 0 unspecified atom stereocenters. The van der Waals surface area contributed by atoms with Crippen molar-refractivity contribution >= 4 is 17.5 Å². The Morgan fingerprint density at radius 3 is 2.52 bits per heavy atom. The molecule has 2 heterocycles. The Balaban J connectivity index is 1.60. The highest BCUT2D eigenvalue weighted by Crippen LogP contribution is 2.23. The predicted octanol–water partition coefficient (Wildman–Crippen LogP) is 0.273. The first-order valence-electron chi connectivity index (χ1n) is 7.53. The van der Waals surface area contributed by atoms with E-state index in [2.05, 4.69) is 10.9 Å². The van der Waals surface area contributed by atoms with E-state index in [0.29, 0.717) is 10.8 Å². The molecule has 134 valence electrons. The van der Waals surface area contributed by atoms with Crippen LogP contribution in [-0.4, -0.2) is 52.4 Å². The van der Waals surface area contributed by atoms with Crippen molar-refractivity contribution in [2.24, 2.45) is 0 Å². The molecule has 1 aromatic heterocycles. The fraction of sp³-hybridized carbons (Fsp3) is 0.312. The maximum Gasteiger partial charge on any atom is 0.301 e. The van der Waals surface area contributed by atoms with Gasteiger partial charge in [-0.15, -0.1) is 0 Å². The van der Waals surface area contributed by atoms with Crippen molar-refractivity contribution in [1.29, 1.82) is 0 Å². The van der Waals surface area contributed by atoms with Crippen LogP contribution in [0.2, 0.25) is 5.02 Å². The molecule has 1 saturated heterocycles. The maximum absolute atomic E-state index is 12.1. The number of carbonyl (C=O) groups excluding carboxylic acids is 1. The van der Waals surface area contributed by atoms with Crippen molar-refractivity contribution in [2.45, 2.75) is 24.5 Å². The molecule has 0 bridgehead atoms. The number of ether oxygens (including phenoxy) is 1. The summed E-state index contributed by atoms with van der Waals surface area (Å²) in [6.07, 6.45) is -5.02. The smallest absolute Gasteiger partial charge is 0.301 e. The van der Waals surface area contributed by atoms with Crippen LogP contribution < -0.4 is 10.9 Å². The Morgan fingerprint density at radius 1 is 1.08 bits per heavy atom. The monoisotopic (exact) mass is 368 g/mol. The van der Waals surface area contributed by atoms with E-state index in [-0.39, 0.29) is 12.4 Å². The maximum atomic E-state index is 12.1. The highest BCUT2D eigenvalue weighted by Gasteiger charge is 2.37. The number of carbonyl (C=O) groups is 1. The van der Waals surface area contributed by atoms with Gasteiger partial charge in [0.05, 0.1) is 6.61 Å². The lowest BCUT2D eigenvalue weighted by atomic mass is 10.1. The van der Waals surface area contributed by atoms with Gasteiger partial charge in [0.15, 0.2) is 12.0 Å². The summed E-state index contributed by atoms with van der Waals surface area (Å²) in [5, 5.41) is 29.3. The van der Waals surface area contributed by atoms with Gasteiger partial charge in [-0.2, -0.15) is 0 Å². The van der Waals surface area contributed by atoms with Gasteiger partial charge in [-0.05, 0) is 36.4 Å². The molecule has 0 spiro atoms. The van der Waals surface area contributed by atoms with E-state index in [1.54, 1.807) is 30.3 Å². The van der Waals surface area contributed by atoms with E-state index in [0.717, 1.165) is 5.56 Å². The molecule has 25 heavy (non-hydrogen) atoms. The fourth-order valence-corrected chi connectivity index (χ4v) is 2.49. The molecule has 1 aromatic carbocycles. The Morgan fingerprint density at radius 2 is 1.80 bits per heavy atom. The van der Waals surface area contributed by atoms with Crippen LogP contribution in [0.1, 0.15) is 10.6 Å². The normalized spacial score (nSPS) is 26.4. The minimum Gasteiger partial charge on any atom is -0.451 e. The third-order valence-corrected chi connectivity index (χ3v) is 4.04. The zero-order chi connectivity index (χ0) is 18.0. The summed E-state index contributed by atoms with van der Waals surface area (Å²) in [7, 11) is 0. The van der Waals surface area contributed by atoms with Gasteiger partial charge < -0.3 is 24.5 Å². The summed E-state index contributed by atoms with van der Waals surface area (Å²) in [6.45, 7) is -0.173. The average molecular weight is 369 g/mol. The largest absolute Gasteiger partial charge is 0.451 e. The molecule has 1 aliphatic heterocycles. The number of hydrogen-bond donors (Lipinski definition) is 5. The number of nitrogens with one attached hydrogen (secondary N) is 2. The molecule has 1 amide bonds. The molecule has 4 atom stereocenters. The molecule has 0 saturated carbocycles. The molecular weight excluding hydrogens is 352 g/mol. The molecular formula is C16H17ClN2O6. The van der Waals surface area contributed by atoms with E-state index in [1.165, 1.54) is 6.07 Å². The van der Waals surface area contributed by atoms with Gasteiger partial charge in [0.1, 0.15) is 24.1 Å². The third kappa shape index (κ3) is 4.01. The topological polar surface area (TPSA) is 124 Å². The van der Waals surface area contributed by atoms with E-state index in [1.807, 2.05) is 0 Å². The van der Waals surface area contributed by atoms with Gasteiger partial charge in [0, 0.05) is 10.6 Å². The van der Waals surface area contributed by atoms with Crippen LogP contribution in [0.15, 0.2) is 40.8 Å².